The highest BCUT2D eigenvalue weighted by Gasteiger charge is 2.20. The van der Waals surface area contributed by atoms with Gasteiger partial charge in [0.25, 0.3) is 0 Å². The third kappa shape index (κ3) is 4.70. The average molecular weight is 384 g/mol. The maximum Gasteiger partial charge on any atom is 0.231 e. The second-order valence-corrected chi connectivity index (χ2v) is 7.31. The Morgan fingerprint density at radius 2 is 1.70 bits per heavy atom. The number of nitrogens with zero attached hydrogens (tertiary/aromatic N) is 2. The van der Waals surface area contributed by atoms with Crippen molar-refractivity contribution in [2.24, 2.45) is 0 Å². The van der Waals surface area contributed by atoms with Crippen molar-refractivity contribution in [3.05, 3.63) is 59.7 Å². The highest BCUT2D eigenvalue weighted by Crippen LogP contribution is 2.32. The van der Waals surface area contributed by atoms with Crippen LogP contribution in [0.3, 0.4) is 0 Å². The number of thiocarbonyl (C=S) groups is 1. The number of hydrogen-bond donors (Lipinski definition) is 1. The molecule has 0 amide bonds. The standard InChI is InChI=1S/C21H25N3O2S/c27-21(22-9-8-17-4-2-1-3-5-17)24-12-10-23(11-13-24)15-18-6-7-19-20(14-18)26-16-25-19/h1-7,14H,8-13,15-16H2,(H,22,27). The first kappa shape index (κ1) is 18.1. The van der Waals surface area contributed by atoms with Crippen LogP contribution >= 0.6 is 12.2 Å². The maximum absolute atomic E-state index is 5.58. The minimum atomic E-state index is 0.326. The summed E-state index contributed by atoms with van der Waals surface area (Å²) in [6.07, 6.45) is 0.991. The maximum atomic E-state index is 5.58. The number of piperazine rings is 1. The number of nitrogens with one attached hydrogen (secondary N) is 1. The summed E-state index contributed by atoms with van der Waals surface area (Å²) in [7, 11) is 0. The van der Waals surface area contributed by atoms with Crippen LogP contribution in [0.15, 0.2) is 48.5 Å². The normalized spacial score (nSPS) is 16.4. The van der Waals surface area contributed by atoms with Gasteiger partial charge in [-0.15, -0.1) is 0 Å². The summed E-state index contributed by atoms with van der Waals surface area (Å²) in [4.78, 5) is 4.73. The Bertz CT molecular complexity index is 776. The minimum Gasteiger partial charge on any atom is -0.454 e. The van der Waals surface area contributed by atoms with E-state index in [4.69, 9.17) is 21.7 Å². The van der Waals surface area contributed by atoms with E-state index >= 15 is 0 Å². The molecule has 0 atom stereocenters. The van der Waals surface area contributed by atoms with Crippen LogP contribution in [0, 0.1) is 0 Å². The first-order valence-electron chi connectivity index (χ1n) is 9.45. The summed E-state index contributed by atoms with van der Waals surface area (Å²) in [6.45, 7) is 6.07. The first-order chi connectivity index (χ1) is 13.3. The Hall–Kier alpha value is -2.31. The molecular formula is C21H25N3O2S. The van der Waals surface area contributed by atoms with Crippen LogP contribution in [0.25, 0.3) is 0 Å². The van der Waals surface area contributed by atoms with Gasteiger partial charge in [0.1, 0.15) is 0 Å². The van der Waals surface area contributed by atoms with Crippen molar-refractivity contribution in [2.75, 3.05) is 39.5 Å². The fourth-order valence-electron chi connectivity index (χ4n) is 3.48. The van der Waals surface area contributed by atoms with E-state index in [1.807, 2.05) is 12.1 Å². The number of hydrogen-bond acceptors (Lipinski definition) is 4. The number of rotatable bonds is 5. The molecule has 0 spiro atoms. The smallest absolute Gasteiger partial charge is 0.231 e. The topological polar surface area (TPSA) is 37.0 Å². The quantitative estimate of drug-likeness (QED) is 0.800. The van der Waals surface area contributed by atoms with Crippen LogP contribution < -0.4 is 14.8 Å². The fourth-order valence-corrected chi connectivity index (χ4v) is 3.76. The second kappa shape index (κ2) is 8.59. The van der Waals surface area contributed by atoms with Crippen molar-refractivity contribution in [3.8, 4) is 11.5 Å². The Balaban J connectivity index is 1.20. The van der Waals surface area contributed by atoms with Gasteiger partial charge in [-0.1, -0.05) is 36.4 Å². The molecular weight excluding hydrogens is 358 g/mol. The molecule has 6 heteroatoms. The van der Waals surface area contributed by atoms with Crippen LogP contribution in [-0.4, -0.2) is 54.4 Å². The molecule has 0 aromatic heterocycles. The van der Waals surface area contributed by atoms with Gasteiger partial charge in [-0.2, -0.15) is 0 Å². The minimum absolute atomic E-state index is 0.326. The highest BCUT2D eigenvalue weighted by molar-refractivity contribution is 7.80. The lowest BCUT2D eigenvalue weighted by Gasteiger charge is -2.36. The van der Waals surface area contributed by atoms with Gasteiger partial charge in [-0.3, -0.25) is 4.90 Å². The Morgan fingerprint density at radius 3 is 2.52 bits per heavy atom. The van der Waals surface area contributed by atoms with Crippen molar-refractivity contribution in [1.29, 1.82) is 0 Å². The number of benzene rings is 2. The zero-order chi connectivity index (χ0) is 18.5. The van der Waals surface area contributed by atoms with Crippen LogP contribution in [0.5, 0.6) is 11.5 Å². The van der Waals surface area contributed by atoms with Crippen molar-refractivity contribution in [2.45, 2.75) is 13.0 Å². The van der Waals surface area contributed by atoms with Crippen LogP contribution in [0.2, 0.25) is 0 Å². The van der Waals surface area contributed by atoms with Gasteiger partial charge in [0.05, 0.1) is 0 Å². The fraction of sp³-hybridized carbons (Fsp3) is 0.381. The summed E-state index contributed by atoms with van der Waals surface area (Å²) in [5.41, 5.74) is 2.60. The highest BCUT2D eigenvalue weighted by atomic mass is 32.1. The predicted molar refractivity (Wildman–Crippen MR) is 110 cm³/mol. The second-order valence-electron chi connectivity index (χ2n) is 6.92. The molecule has 27 heavy (non-hydrogen) atoms. The SMILES string of the molecule is S=C(NCCc1ccccc1)N1CCN(Cc2ccc3c(c2)OCO3)CC1. The molecule has 4 rings (SSSR count). The third-order valence-corrected chi connectivity index (χ3v) is 5.44. The largest absolute Gasteiger partial charge is 0.454 e. The van der Waals surface area contributed by atoms with E-state index in [-0.39, 0.29) is 0 Å². The lowest BCUT2D eigenvalue weighted by molar-refractivity contribution is 0.172. The third-order valence-electron chi connectivity index (χ3n) is 5.04. The van der Waals surface area contributed by atoms with E-state index in [1.54, 1.807) is 0 Å². The van der Waals surface area contributed by atoms with Gasteiger partial charge in [0.15, 0.2) is 16.6 Å². The van der Waals surface area contributed by atoms with Crippen molar-refractivity contribution in [1.82, 2.24) is 15.1 Å². The molecule has 2 heterocycles. The van der Waals surface area contributed by atoms with E-state index in [9.17, 15) is 0 Å². The molecule has 5 nitrogen and oxygen atoms in total. The molecule has 1 N–H and O–H groups in total. The van der Waals surface area contributed by atoms with Crippen molar-refractivity contribution < 1.29 is 9.47 Å². The molecule has 2 aliphatic rings. The molecule has 0 saturated carbocycles. The van der Waals surface area contributed by atoms with Gasteiger partial charge in [0.2, 0.25) is 6.79 Å². The Morgan fingerprint density at radius 1 is 0.926 bits per heavy atom. The van der Waals surface area contributed by atoms with Gasteiger partial charge < -0.3 is 19.7 Å². The van der Waals surface area contributed by atoms with E-state index in [0.717, 1.165) is 62.3 Å². The van der Waals surface area contributed by atoms with E-state index in [2.05, 4.69) is 51.5 Å². The van der Waals surface area contributed by atoms with E-state index in [1.165, 1.54) is 11.1 Å². The molecule has 1 saturated heterocycles. The van der Waals surface area contributed by atoms with Crippen molar-refractivity contribution in [3.63, 3.8) is 0 Å². The van der Waals surface area contributed by atoms with Gasteiger partial charge in [-0.05, 0) is 41.9 Å². The first-order valence-corrected chi connectivity index (χ1v) is 9.86. The zero-order valence-corrected chi connectivity index (χ0v) is 16.2. The summed E-state index contributed by atoms with van der Waals surface area (Å²) < 4.78 is 10.9. The number of ether oxygens (including phenoxy) is 2. The molecule has 0 unspecified atom stereocenters. The molecule has 0 radical (unpaired) electrons. The molecule has 1 fully saturated rings. The summed E-state index contributed by atoms with van der Waals surface area (Å²) in [5.74, 6) is 1.70. The van der Waals surface area contributed by atoms with Crippen molar-refractivity contribution >= 4 is 17.3 Å². The Kier molecular flexibility index (Phi) is 5.75. The molecule has 0 bridgehead atoms. The molecule has 0 aliphatic carbocycles. The molecule has 2 aromatic carbocycles. The van der Waals surface area contributed by atoms with Gasteiger partial charge >= 0.3 is 0 Å². The molecule has 142 valence electrons. The average Bonchev–Trinajstić information content (AvgIpc) is 3.17. The van der Waals surface area contributed by atoms with E-state index in [0.29, 0.717) is 6.79 Å². The predicted octanol–water partition coefficient (Wildman–Crippen LogP) is 2.65. The zero-order valence-electron chi connectivity index (χ0n) is 15.4. The Labute approximate surface area is 165 Å². The monoisotopic (exact) mass is 383 g/mol. The van der Waals surface area contributed by atoms with Gasteiger partial charge in [0, 0.05) is 39.3 Å². The van der Waals surface area contributed by atoms with Gasteiger partial charge in [-0.25, -0.2) is 0 Å². The number of fused-ring (bicyclic) bond motifs is 1. The summed E-state index contributed by atoms with van der Waals surface area (Å²) in [6, 6.07) is 16.7. The molecule has 2 aromatic rings. The van der Waals surface area contributed by atoms with Crippen LogP contribution in [0.4, 0.5) is 0 Å². The van der Waals surface area contributed by atoms with Crippen LogP contribution in [-0.2, 0) is 13.0 Å². The lowest BCUT2D eigenvalue weighted by Crippen LogP contribution is -2.51. The van der Waals surface area contributed by atoms with Crippen LogP contribution in [0.1, 0.15) is 11.1 Å². The lowest BCUT2D eigenvalue weighted by atomic mass is 10.1. The summed E-state index contributed by atoms with van der Waals surface area (Å²) >= 11 is 5.58. The summed E-state index contributed by atoms with van der Waals surface area (Å²) in [5, 5.41) is 4.27. The molecule has 2 aliphatic heterocycles. The van der Waals surface area contributed by atoms with E-state index < -0.39 is 0 Å².